The zero-order valence-electron chi connectivity index (χ0n) is 22.4. The summed E-state index contributed by atoms with van der Waals surface area (Å²) in [6, 6.07) is 13.5. The largest absolute Gasteiger partial charge is 0.492 e. The zero-order valence-corrected chi connectivity index (χ0v) is 22.4. The molecule has 0 fully saturated rings. The molecule has 0 aliphatic carbocycles. The van der Waals surface area contributed by atoms with Crippen molar-refractivity contribution in [3.63, 3.8) is 0 Å². The number of likely N-dealkylation sites (N-methyl/N-ethyl adjacent to an activating group) is 1. The van der Waals surface area contributed by atoms with E-state index >= 15 is 0 Å². The summed E-state index contributed by atoms with van der Waals surface area (Å²) in [7, 11) is 5.79. The molecule has 4 aromatic rings. The monoisotopic (exact) mass is 501 g/mol. The molecule has 9 heteroatoms. The van der Waals surface area contributed by atoms with Gasteiger partial charge in [0.1, 0.15) is 18.1 Å². The topological polar surface area (TPSA) is 90.1 Å². The predicted molar refractivity (Wildman–Crippen MR) is 144 cm³/mol. The molecule has 0 bridgehead atoms. The molecule has 1 atom stereocenters. The van der Waals surface area contributed by atoms with E-state index in [1.807, 2.05) is 69.2 Å². The summed E-state index contributed by atoms with van der Waals surface area (Å²) in [5, 5.41) is 16.5. The van der Waals surface area contributed by atoms with Gasteiger partial charge in [-0.25, -0.2) is 0 Å². The van der Waals surface area contributed by atoms with E-state index in [4.69, 9.17) is 4.74 Å². The zero-order chi connectivity index (χ0) is 26.5. The Bertz CT molecular complexity index is 1370. The van der Waals surface area contributed by atoms with Gasteiger partial charge >= 0.3 is 0 Å². The van der Waals surface area contributed by atoms with Gasteiger partial charge in [0.05, 0.1) is 17.9 Å². The van der Waals surface area contributed by atoms with Gasteiger partial charge in [-0.2, -0.15) is 20.1 Å². The third-order valence-corrected chi connectivity index (χ3v) is 6.22. The van der Waals surface area contributed by atoms with E-state index in [2.05, 4.69) is 44.6 Å². The van der Waals surface area contributed by atoms with Crippen LogP contribution in [0.15, 0.2) is 54.9 Å². The second-order valence-corrected chi connectivity index (χ2v) is 9.44. The second-order valence-electron chi connectivity index (χ2n) is 9.44. The van der Waals surface area contributed by atoms with Crippen LogP contribution in [0.1, 0.15) is 41.4 Å². The SMILES string of the molecule is CCn1ccc(-c2cc(-c3cnn(C)n3)cc([C@@H](C)NC(=O)c3cc(OCCN(C)C)ccc3C)c2)n1. The van der Waals surface area contributed by atoms with Gasteiger partial charge in [-0.05, 0) is 82.4 Å². The third-order valence-electron chi connectivity index (χ3n) is 6.22. The summed E-state index contributed by atoms with van der Waals surface area (Å²) in [5.74, 6) is 0.536. The fraction of sp³-hybridized carbons (Fsp3) is 0.357. The van der Waals surface area contributed by atoms with Crippen LogP contribution in [0.3, 0.4) is 0 Å². The van der Waals surface area contributed by atoms with Crippen molar-refractivity contribution in [1.82, 2.24) is 35.0 Å². The molecule has 4 rings (SSSR count). The van der Waals surface area contributed by atoms with Gasteiger partial charge in [-0.3, -0.25) is 9.48 Å². The van der Waals surface area contributed by atoms with Crippen LogP contribution in [-0.4, -0.2) is 62.8 Å². The van der Waals surface area contributed by atoms with Crippen molar-refractivity contribution in [1.29, 1.82) is 0 Å². The maximum atomic E-state index is 13.3. The van der Waals surface area contributed by atoms with Gasteiger partial charge in [0.25, 0.3) is 5.91 Å². The van der Waals surface area contributed by atoms with Crippen molar-refractivity contribution in [3.05, 3.63) is 71.5 Å². The highest BCUT2D eigenvalue weighted by atomic mass is 16.5. The maximum Gasteiger partial charge on any atom is 0.252 e. The number of carbonyl (C=O) groups is 1. The van der Waals surface area contributed by atoms with Crippen LogP contribution in [0.2, 0.25) is 0 Å². The van der Waals surface area contributed by atoms with Gasteiger partial charge < -0.3 is 15.0 Å². The first-order valence-corrected chi connectivity index (χ1v) is 12.5. The van der Waals surface area contributed by atoms with E-state index in [0.717, 1.165) is 46.7 Å². The Labute approximate surface area is 218 Å². The Kier molecular flexibility index (Phi) is 8.03. The van der Waals surface area contributed by atoms with Crippen LogP contribution >= 0.6 is 0 Å². The number of nitrogens with zero attached hydrogens (tertiary/aromatic N) is 6. The minimum Gasteiger partial charge on any atom is -0.492 e. The van der Waals surface area contributed by atoms with Gasteiger partial charge in [0, 0.05) is 43.0 Å². The second kappa shape index (κ2) is 11.4. The summed E-state index contributed by atoms with van der Waals surface area (Å²) >= 11 is 0. The fourth-order valence-corrected chi connectivity index (χ4v) is 4.01. The van der Waals surface area contributed by atoms with Crippen molar-refractivity contribution in [2.24, 2.45) is 7.05 Å². The molecule has 2 aromatic carbocycles. The van der Waals surface area contributed by atoms with E-state index in [9.17, 15) is 4.79 Å². The summed E-state index contributed by atoms with van der Waals surface area (Å²) in [6.07, 6.45) is 3.70. The lowest BCUT2D eigenvalue weighted by Gasteiger charge is -2.18. The van der Waals surface area contributed by atoms with Gasteiger partial charge in [-0.15, -0.1) is 0 Å². The molecule has 0 radical (unpaired) electrons. The molecule has 0 aliphatic heterocycles. The van der Waals surface area contributed by atoms with Crippen LogP contribution in [0.5, 0.6) is 5.75 Å². The van der Waals surface area contributed by atoms with Crippen LogP contribution in [-0.2, 0) is 13.6 Å². The molecule has 2 aromatic heterocycles. The Morgan fingerprint density at radius 3 is 2.49 bits per heavy atom. The van der Waals surface area contributed by atoms with Crippen LogP contribution in [0, 0.1) is 6.92 Å². The molecule has 0 aliphatic rings. The van der Waals surface area contributed by atoms with Crippen LogP contribution in [0.4, 0.5) is 0 Å². The number of rotatable bonds is 10. The first-order chi connectivity index (χ1) is 17.7. The lowest BCUT2D eigenvalue weighted by Crippen LogP contribution is -2.27. The quantitative estimate of drug-likeness (QED) is 0.352. The Balaban J connectivity index is 1.60. The van der Waals surface area contributed by atoms with E-state index in [-0.39, 0.29) is 11.9 Å². The molecule has 9 nitrogen and oxygen atoms in total. The molecule has 0 spiro atoms. The van der Waals surface area contributed by atoms with E-state index in [0.29, 0.717) is 17.9 Å². The summed E-state index contributed by atoms with van der Waals surface area (Å²) in [4.78, 5) is 16.9. The van der Waals surface area contributed by atoms with Gasteiger partial charge in [0.15, 0.2) is 0 Å². The van der Waals surface area contributed by atoms with Crippen LogP contribution < -0.4 is 10.1 Å². The number of ether oxygens (including phenoxy) is 1. The number of carbonyl (C=O) groups excluding carboxylic acids is 1. The molecule has 1 amide bonds. The standard InChI is InChI=1S/C28H35N7O2/c1-7-35-11-10-26(32-35)22-14-21(15-23(16-22)27-18-29-34(6)31-27)20(3)30-28(36)25-17-24(9-8-19(25)2)37-13-12-33(4)5/h8-11,14-18,20H,7,12-13H2,1-6H3,(H,30,36)/t20-/m1/s1. The highest BCUT2D eigenvalue weighted by Crippen LogP contribution is 2.29. The van der Waals surface area contributed by atoms with Gasteiger partial charge in [-0.1, -0.05) is 6.07 Å². The number of hydrogen-bond acceptors (Lipinski definition) is 6. The Hall–Kier alpha value is -3.98. The number of amides is 1. The highest BCUT2D eigenvalue weighted by molar-refractivity contribution is 5.96. The summed E-state index contributed by atoms with van der Waals surface area (Å²) in [5.41, 5.74) is 5.95. The first kappa shape index (κ1) is 26.1. The van der Waals surface area contributed by atoms with Crippen LogP contribution in [0.25, 0.3) is 22.5 Å². The third kappa shape index (κ3) is 6.42. The van der Waals surface area contributed by atoms with Crippen molar-refractivity contribution in [2.45, 2.75) is 33.4 Å². The lowest BCUT2D eigenvalue weighted by molar-refractivity contribution is 0.0938. The number of nitrogens with one attached hydrogen (secondary N) is 1. The minimum atomic E-state index is -0.256. The number of aryl methyl sites for hydroxylation is 3. The molecular formula is C28H35N7O2. The smallest absolute Gasteiger partial charge is 0.252 e. The number of benzene rings is 2. The molecule has 0 unspecified atom stereocenters. The van der Waals surface area contributed by atoms with Crippen molar-refractivity contribution >= 4 is 5.91 Å². The summed E-state index contributed by atoms with van der Waals surface area (Å²) < 4.78 is 7.74. The predicted octanol–water partition coefficient (Wildman–Crippen LogP) is 4.11. The molecule has 1 N–H and O–H groups in total. The molecule has 37 heavy (non-hydrogen) atoms. The molecular weight excluding hydrogens is 466 g/mol. The molecule has 194 valence electrons. The first-order valence-electron chi connectivity index (χ1n) is 12.5. The molecule has 0 saturated heterocycles. The average Bonchev–Trinajstić information content (AvgIpc) is 3.53. The summed E-state index contributed by atoms with van der Waals surface area (Å²) in [6.45, 7) is 8.11. The lowest BCUT2D eigenvalue weighted by atomic mass is 9.98. The van der Waals surface area contributed by atoms with E-state index in [1.54, 1.807) is 13.2 Å². The number of hydrogen-bond donors (Lipinski definition) is 1. The van der Waals surface area contributed by atoms with Crippen molar-refractivity contribution < 1.29 is 9.53 Å². The Morgan fingerprint density at radius 1 is 1.08 bits per heavy atom. The Morgan fingerprint density at radius 2 is 1.84 bits per heavy atom. The van der Waals surface area contributed by atoms with Crippen molar-refractivity contribution in [2.75, 3.05) is 27.2 Å². The van der Waals surface area contributed by atoms with E-state index in [1.165, 1.54) is 4.80 Å². The maximum absolute atomic E-state index is 13.3. The fourth-order valence-electron chi connectivity index (χ4n) is 4.01. The normalized spacial score (nSPS) is 12.1. The van der Waals surface area contributed by atoms with Crippen molar-refractivity contribution in [3.8, 4) is 28.3 Å². The van der Waals surface area contributed by atoms with Gasteiger partial charge in [0.2, 0.25) is 0 Å². The average molecular weight is 502 g/mol. The number of aromatic nitrogens is 5. The molecule has 0 saturated carbocycles. The van der Waals surface area contributed by atoms with E-state index < -0.39 is 0 Å². The highest BCUT2D eigenvalue weighted by Gasteiger charge is 2.18. The minimum absolute atomic E-state index is 0.148. The molecule has 2 heterocycles.